The number of rotatable bonds is 2. The highest BCUT2D eigenvalue weighted by molar-refractivity contribution is 6.02. The summed E-state index contributed by atoms with van der Waals surface area (Å²) < 4.78 is 11.2. The molecule has 5 heterocycles. The number of ether oxygens (including phenoxy) is 1. The van der Waals surface area contributed by atoms with Gasteiger partial charge in [0, 0.05) is 19.2 Å². The van der Waals surface area contributed by atoms with E-state index in [2.05, 4.69) is 5.16 Å². The van der Waals surface area contributed by atoms with Gasteiger partial charge in [0.2, 0.25) is 11.8 Å². The monoisotopic (exact) mass is 329 g/mol. The summed E-state index contributed by atoms with van der Waals surface area (Å²) in [5.74, 6) is 0.232. The van der Waals surface area contributed by atoms with E-state index in [0.29, 0.717) is 18.1 Å². The van der Waals surface area contributed by atoms with Crippen molar-refractivity contribution >= 4 is 17.6 Å². The van der Waals surface area contributed by atoms with E-state index >= 15 is 0 Å². The summed E-state index contributed by atoms with van der Waals surface area (Å²) >= 11 is 0. The fourth-order valence-corrected chi connectivity index (χ4v) is 4.60. The van der Waals surface area contributed by atoms with E-state index in [0.717, 1.165) is 25.9 Å². The Balaban J connectivity index is 1.49. The summed E-state index contributed by atoms with van der Waals surface area (Å²) in [5.41, 5.74) is -0.700. The van der Waals surface area contributed by atoms with Crippen LogP contribution in [0.4, 0.5) is 5.82 Å². The lowest BCUT2D eigenvalue weighted by Crippen LogP contribution is -2.45. The molecular formula is C17H19N3O4. The van der Waals surface area contributed by atoms with Crippen LogP contribution in [0.5, 0.6) is 0 Å². The third-order valence-corrected chi connectivity index (χ3v) is 5.70. The molecule has 0 aromatic carbocycles. The van der Waals surface area contributed by atoms with E-state index in [9.17, 15) is 9.59 Å². The number of hydrogen-bond donors (Lipinski definition) is 0. The first-order valence-electron chi connectivity index (χ1n) is 8.50. The fourth-order valence-electron chi connectivity index (χ4n) is 4.60. The summed E-state index contributed by atoms with van der Waals surface area (Å²) in [6, 6.07) is 1.74. The number of aromatic nitrogens is 1. The minimum absolute atomic E-state index is 0.0558. The van der Waals surface area contributed by atoms with Crippen molar-refractivity contribution in [3.8, 4) is 0 Å². The average molecular weight is 329 g/mol. The normalized spacial score (nSPS) is 36.9. The van der Waals surface area contributed by atoms with Gasteiger partial charge in [0.1, 0.15) is 11.4 Å². The maximum Gasteiger partial charge on any atom is 0.235 e. The smallest absolute Gasteiger partial charge is 0.235 e. The molecule has 126 valence electrons. The Hall–Kier alpha value is -2.15. The maximum absolute atomic E-state index is 13.1. The molecule has 0 aliphatic carbocycles. The van der Waals surface area contributed by atoms with Crippen molar-refractivity contribution in [1.29, 1.82) is 0 Å². The highest BCUT2D eigenvalue weighted by Crippen LogP contribution is 2.53. The van der Waals surface area contributed by atoms with Gasteiger partial charge in [0.15, 0.2) is 5.82 Å². The van der Waals surface area contributed by atoms with Gasteiger partial charge in [-0.25, -0.2) is 0 Å². The molecule has 2 bridgehead atoms. The number of nitrogens with zero attached hydrogens (tertiary/aromatic N) is 3. The molecule has 1 spiro atoms. The molecule has 4 aliphatic heterocycles. The third-order valence-electron chi connectivity index (χ3n) is 5.70. The number of likely N-dealkylation sites (tertiary alicyclic amines) is 1. The van der Waals surface area contributed by atoms with Crippen LogP contribution in [0.15, 0.2) is 22.7 Å². The number of hydrogen-bond acceptors (Lipinski definition) is 5. The van der Waals surface area contributed by atoms with Gasteiger partial charge in [-0.05, 0) is 19.8 Å². The molecule has 3 fully saturated rings. The molecule has 0 radical (unpaired) electrons. The van der Waals surface area contributed by atoms with Crippen LogP contribution in [-0.4, -0.2) is 53.2 Å². The molecule has 5 rings (SSSR count). The molecule has 3 saturated heterocycles. The number of amides is 2. The van der Waals surface area contributed by atoms with Gasteiger partial charge in [-0.3, -0.25) is 14.5 Å². The second kappa shape index (κ2) is 4.69. The summed E-state index contributed by atoms with van der Waals surface area (Å²) in [7, 11) is 0. The van der Waals surface area contributed by atoms with Gasteiger partial charge in [-0.15, -0.1) is 0 Å². The van der Waals surface area contributed by atoms with Crippen molar-refractivity contribution < 1.29 is 18.8 Å². The Kier molecular flexibility index (Phi) is 2.78. The van der Waals surface area contributed by atoms with Gasteiger partial charge >= 0.3 is 0 Å². The third kappa shape index (κ3) is 1.73. The summed E-state index contributed by atoms with van der Waals surface area (Å²) in [6.45, 7) is 3.74. The molecule has 0 saturated carbocycles. The van der Waals surface area contributed by atoms with Crippen molar-refractivity contribution in [2.75, 3.05) is 24.5 Å². The quantitative estimate of drug-likeness (QED) is 0.753. The van der Waals surface area contributed by atoms with Crippen LogP contribution in [0.1, 0.15) is 18.6 Å². The zero-order valence-corrected chi connectivity index (χ0v) is 13.5. The summed E-state index contributed by atoms with van der Waals surface area (Å²) in [4.78, 5) is 29.5. The average Bonchev–Trinajstić information content (AvgIpc) is 3.34. The fraction of sp³-hybridized carbons (Fsp3) is 0.588. The van der Waals surface area contributed by atoms with E-state index < -0.39 is 17.4 Å². The molecule has 1 aromatic rings. The molecule has 4 atom stereocenters. The zero-order valence-electron chi connectivity index (χ0n) is 13.5. The number of aryl methyl sites for hydroxylation is 1. The number of carbonyl (C=O) groups is 2. The number of anilines is 1. The lowest BCUT2D eigenvalue weighted by molar-refractivity contribution is -0.139. The predicted octanol–water partition coefficient (Wildman–Crippen LogP) is 0.892. The van der Waals surface area contributed by atoms with Gasteiger partial charge in [-0.1, -0.05) is 17.3 Å². The molecule has 2 amide bonds. The van der Waals surface area contributed by atoms with Gasteiger partial charge < -0.3 is 14.2 Å². The molecule has 7 heteroatoms. The SMILES string of the molecule is Cc1cc(N2C[C@@]34C=C[C@@H](O3)[C@H](C(=O)N3CCCC3)[C@@H]4C2=O)no1. The first kappa shape index (κ1) is 14.2. The highest BCUT2D eigenvalue weighted by atomic mass is 16.5. The number of fused-ring (bicyclic) bond motifs is 1. The number of carbonyl (C=O) groups excluding carboxylic acids is 2. The topological polar surface area (TPSA) is 75.9 Å². The van der Waals surface area contributed by atoms with E-state index in [1.54, 1.807) is 17.9 Å². The van der Waals surface area contributed by atoms with E-state index in [4.69, 9.17) is 9.26 Å². The van der Waals surface area contributed by atoms with Crippen LogP contribution in [0.25, 0.3) is 0 Å². The molecule has 24 heavy (non-hydrogen) atoms. The first-order valence-corrected chi connectivity index (χ1v) is 8.50. The molecule has 7 nitrogen and oxygen atoms in total. The predicted molar refractivity (Wildman–Crippen MR) is 83.1 cm³/mol. The molecular weight excluding hydrogens is 310 g/mol. The van der Waals surface area contributed by atoms with Gasteiger partial charge in [0.05, 0.1) is 24.5 Å². The van der Waals surface area contributed by atoms with Crippen LogP contribution in [0.3, 0.4) is 0 Å². The van der Waals surface area contributed by atoms with Crippen molar-refractivity contribution in [2.45, 2.75) is 31.5 Å². The zero-order chi connectivity index (χ0) is 16.5. The second-order valence-corrected chi connectivity index (χ2v) is 7.15. The van der Waals surface area contributed by atoms with Crippen LogP contribution >= 0.6 is 0 Å². The van der Waals surface area contributed by atoms with Gasteiger partial charge in [-0.2, -0.15) is 0 Å². The van der Waals surface area contributed by atoms with Crippen molar-refractivity contribution in [1.82, 2.24) is 10.1 Å². The van der Waals surface area contributed by atoms with E-state index in [1.807, 2.05) is 17.1 Å². The maximum atomic E-state index is 13.1. The summed E-state index contributed by atoms with van der Waals surface area (Å²) in [6.07, 6.45) is 5.69. The lowest BCUT2D eigenvalue weighted by Gasteiger charge is -2.27. The Morgan fingerprint density at radius 3 is 2.88 bits per heavy atom. The molecule has 0 N–H and O–H groups in total. The van der Waals surface area contributed by atoms with Crippen LogP contribution in [0.2, 0.25) is 0 Å². The lowest BCUT2D eigenvalue weighted by atomic mass is 9.76. The van der Waals surface area contributed by atoms with Crippen molar-refractivity contribution in [3.63, 3.8) is 0 Å². The van der Waals surface area contributed by atoms with Crippen LogP contribution < -0.4 is 4.90 Å². The minimum atomic E-state index is -0.700. The van der Waals surface area contributed by atoms with Crippen molar-refractivity contribution in [2.24, 2.45) is 11.8 Å². The Morgan fingerprint density at radius 1 is 1.38 bits per heavy atom. The molecule has 0 unspecified atom stereocenters. The van der Waals surface area contributed by atoms with Crippen LogP contribution in [0, 0.1) is 18.8 Å². The Labute approximate surface area is 139 Å². The Morgan fingerprint density at radius 2 is 2.17 bits per heavy atom. The largest absolute Gasteiger partial charge is 0.360 e. The van der Waals surface area contributed by atoms with E-state index in [1.165, 1.54) is 0 Å². The minimum Gasteiger partial charge on any atom is -0.360 e. The highest BCUT2D eigenvalue weighted by Gasteiger charge is 2.67. The van der Waals surface area contributed by atoms with E-state index in [-0.39, 0.29) is 17.9 Å². The van der Waals surface area contributed by atoms with Crippen LogP contribution in [-0.2, 0) is 14.3 Å². The second-order valence-electron chi connectivity index (χ2n) is 7.15. The van der Waals surface area contributed by atoms with Gasteiger partial charge in [0.25, 0.3) is 0 Å². The molecule has 4 aliphatic rings. The van der Waals surface area contributed by atoms with Crippen molar-refractivity contribution in [3.05, 3.63) is 24.0 Å². The molecule has 1 aromatic heterocycles. The standard InChI is InChI=1S/C17H19N3O4/c1-10-8-12(18-24-10)20-9-17-5-4-11(23-17)13(14(17)16(20)22)15(21)19-6-2-3-7-19/h4-5,8,11,13-14H,2-3,6-7,9H2,1H3/t11-,13+,14-,17-/m1/s1. The first-order chi connectivity index (χ1) is 11.6. The summed E-state index contributed by atoms with van der Waals surface area (Å²) in [5, 5.41) is 3.96. The Bertz CT molecular complexity index is 751.